The highest BCUT2D eigenvalue weighted by Crippen LogP contribution is 2.38. The first-order valence-electron chi connectivity index (χ1n) is 9.34. The molecule has 25 heavy (non-hydrogen) atoms. The van der Waals surface area contributed by atoms with Gasteiger partial charge in [-0.1, -0.05) is 32.1 Å². The van der Waals surface area contributed by atoms with Crippen molar-refractivity contribution in [1.29, 1.82) is 0 Å². The van der Waals surface area contributed by atoms with Gasteiger partial charge in [-0.3, -0.25) is 10.0 Å². The van der Waals surface area contributed by atoms with Crippen LogP contribution < -0.4 is 10.8 Å². The second-order valence-corrected chi connectivity index (χ2v) is 7.63. The van der Waals surface area contributed by atoms with Gasteiger partial charge in [0, 0.05) is 12.1 Å². The van der Waals surface area contributed by atoms with Crippen LogP contribution in [-0.4, -0.2) is 17.7 Å². The number of amides is 1. The standard InChI is InChI=1S/C21H32N2O2/c1-14-10-18(11-15(2)17(14)4)6-5-9-22-13-20-8-7-19(12-16(20)3)21(24)23-25/h7-8,12,15,17-18,22,25H,1,5-6,9-11,13H2,2-4H3,(H,23,24). The lowest BCUT2D eigenvalue weighted by atomic mass is 9.72. The molecule has 0 bridgehead atoms. The number of hydroxylamine groups is 1. The van der Waals surface area contributed by atoms with Crippen LogP contribution in [0.5, 0.6) is 0 Å². The first kappa shape index (κ1) is 19.7. The molecule has 1 aromatic rings. The van der Waals surface area contributed by atoms with Gasteiger partial charge in [0.1, 0.15) is 0 Å². The van der Waals surface area contributed by atoms with Crippen molar-refractivity contribution >= 4 is 5.91 Å². The molecule has 0 radical (unpaired) electrons. The summed E-state index contributed by atoms with van der Waals surface area (Å²) >= 11 is 0. The Bertz CT molecular complexity index is 612. The third kappa shape index (κ3) is 5.41. The average Bonchev–Trinajstić information content (AvgIpc) is 2.59. The summed E-state index contributed by atoms with van der Waals surface area (Å²) in [6.07, 6.45) is 4.97. The Kier molecular flexibility index (Phi) is 7.21. The number of rotatable bonds is 7. The van der Waals surface area contributed by atoms with Crippen molar-refractivity contribution in [2.75, 3.05) is 6.54 Å². The molecule has 0 heterocycles. The molecule has 1 aromatic carbocycles. The number of carbonyl (C=O) groups is 1. The quantitative estimate of drug-likeness (QED) is 0.300. The Labute approximate surface area is 151 Å². The molecular weight excluding hydrogens is 312 g/mol. The van der Waals surface area contributed by atoms with E-state index in [1.54, 1.807) is 17.6 Å². The van der Waals surface area contributed by atoms with Crippen LogP contribution in [0.2, 0.25) is 0 Å². The van der Waals surface area contributed by atoms with Gasteiger partial charge < -0.3 is 5.32 Å². The molecule has 0 aromatic heterocycles. The van der Waals surface area contributed by atoms with Gasteiger partial charge >= 0.3 is 0 Å². The first-order valence-corrected chi connectivity index (χ1v) is 9.34. The Morgan fingerprint density at radius 3 is 2.76 bits per heavy atom. The van der Waals surface area contributed by atoms with Crippen molar-refractivity contribution in [3.05, 3.63) is 47.0 Å². The lowest BCUT2D eigenvalue weighted by molar-refractivity contribution is 0.0706. The smallest absolute Gasteiger partial charge is 0.274 e. The van der Waals surface area contributed by atoms with E-state index in [0.29, 0.717) is 11.5 Å². The molecule has 1 amide bonds. The first-order chi connectivity index (χ1) is 11.9. The SMILES string of the molecule is C=C1CC(CCCNCc2ccc(C(=O)NO)cc2C)CC(C)C1C. The van der Waals surface area contributed by atoms with Crippen molar-refractivity contribution in [2.45, 2.75) is 53.0 Å². The summed E-state index contributed by atoms with van der Waals surface area (Å²) in [6.45, 7) is 12.7. The molecule has 3 unspecified atom stereocenters. The van der Waals surface area contributed by atoms with Crippen LogP contribution >= 0.6 is 0 Å². The molecule has 138 valence electrons. The van der Waals surface area contributed by atoms with Crippen LogP contribution in [0.15, 0.2) is 30.4 Å². The fourth-order valence-electron chi connectivity index (χ4n) is 3.83. The predicted molar refractivity (Wildman–Crippen MR) is 102 cm³/mol. The number of aryl methyl sites for hydroxylation is 1. The summed E-state index contributed by atoms with van der Waals surface area (Å²) in [4.78, 5) is 11.4. The molecule has 1 saturated carbocycles. The summed E-state index contributed by atoms with van der Waals surface area (Å²) in [6, 6.07) is 5.49. The fraction of sp³-hybridized carbons (Fsp3) is 0.571. The van der Waals surface area contributed by atoms with Gasteiger partial charge in [-0.05, 0) is 80.2 Å². The topological polar surface area (TPSA) is 61.4 Å². The predicted octanol–water partition coefficient (Wildman–Crippen LogP) is 4.22. The molecule has 4 heteroatoms. The minimum Gasteiger partial charge on any atom is -0.313 e. The summed E-state index contributed by atoms with van der Waals surface area (Å²) in [5.41, 5.74) is 5.81. The maximum Gasteiger partial charge on any atom is 0.274 e. The molecule has 2 rings (SSSR count). The highest BCUT2D eigenvalue weighted by Gasteiger charge is 2.26. The van der Waals surface area contributed by atoms with Crippen LogP contribution in [0.25, 0.3) is 0 Å². The van der Waals surface area contributed by atoms with Gasteiger partial charge in [0.2, 0.25) is 0 Å². The van der Waals surface area contributed by atoms with E-state index in [9.17, 15) is 4.79 Å². The number of carbonyl (C=O) groups excluding carboxylic acids is 1. The normalized spacial score (nSPS) is 23.5. The minimum absolute atomic E-state index is 0.472. The van der Waals surface area contributed by atoms with Crippen molar-refractivity contribution in [2.24, 2.45) is 17.8 Å². The molecular formula is C21H32N2O2. The van der Waals surface area contributed by atoms with Gasteiger partial charge in [0.25, 0.3) is 5.91 Å². The second kappa shape index (κ2) is 9.16. The van der Waals surface area contributed by atoms with Gasteiger partial charge in [-0.2, -0.15) is 0 Å². The minimum atomic E-state index is -0.472. The zero-order valence-electron chi connectivity index (χ0n) is 15.8. The number of allylic oxidation sites excluding steroid dienone is 1. The monoisotopic (exact) mass is 344 g/mol. The highest BCUT2D eigenvalue weighted by atomic mass is 16.5. The highest BCUT2D eigenvalue weighted by molar-refractivity contribution is 5.93. The maximum absolute atomic E-state index is 11.4. The van der Waals surface area contributed by atoms with Crippen LogP contribution in [0.4, 0.5) is 0 Å². The van der Waals surface area contributed by atoms with Crippen LogP contribution in [-0.2, 0) is 6.54 Å². The average molecular weight is 344 g/mol. The lowest BCUT2D eigenvalue weighted by Crippen LogP contribution is -2.24. The van der Waals surface area contributed by atoms with Crippen molar-refractivity contribution < 1.29 is 10.0 Å². The largest absolute Gasteiger partial charge is 0.313 e. The number of hydrogen-bond acceptors (Lipinski definition) is 3. The van der Waals surface area contributed by atoms with Crippen molar-refractivity contribution in [3.8, 4) is 0 Å². The van der Waals surface area contributed by atoms with Crippen molar-refractivity contribution in [1.82, 2.24) is 10.8 Å². The number of hydrogen-bond donors (Lipinski definition) is 3. The molecule has 3 atom stereocenters. The molecule has 3 N–H and O–H groups in total. The Morgan fingerprint density at radius 1 is 1.36 bits per heavy atom. The third-order valence-electron chi connectivity index (χ3n) is 5.74. The number of benzene rings is 1. The van der Waals surface area contributed by atoms with E-state index in [4.69, 9.17) is 5.21 Å². The maximum atomic E-state index is 11.4. The van der Waals surface area contributed by atoms with Gasteiger partial charge in [0.15, 0.2) is 0 Å². The van der Waals surface area contributed by atoms with Crippen LogP contribution in [0.1, 0.15) is 61.0 Å². The Balaban J connectivity index is 1.71. The zero-order valence-corrected chi connectivity index (χ0v) is 15.8. The summed E-state index contributed by atoms with van der Waals surface area (Å²) in [7, 11) is 0. The fourth-order valence-corrected chi connectivity index (χ4v) is 3.83. The van der Waals surface area contributed by atoms with Crippen LogP contribution in [0, 0.1) is 24.7 Å². The van der Waals surface area contributed by atoms with Crippen LogP contribution in [0.3, 0.4) is 0 Å². The van der Waals surface area contributed by atoms with E-state index in [1.165, 1.54) is 36.8 Å². The van der Waals surface area contributed by atoms with E-state index in [0.717, 1.165) is 30.5 Å². The number of nitrogens with one attached hydrogen (secondary N) is 2. The van der Waals surface area contributed by atoms with E-state index < -0.39 is 5.91 Å². The van der Waals surface area contributed by atoms with E-state index >= 15 is 0 Å². The van der Waals surface area contributed by atoms with Gasteiger partial charge in [-0.25, -0.2) is 5.48 Å². The summed E-state index contributed by atoms with van der Waals surface area (Å²) in [5, 5.41) is 12.2. The van der Waals surface area contributed by atoms with E-state index in [-0.39, 0.29) is 0 Å². The van der Waals surface area contributed by atoms with Gasteiger partial charge in [-0.15, -0.1) is 0 Å². The molecule has 0 aliphatic heterocycles. The Hall–Kier alpha value is -1.65. The molecule has 0 saturated heterocycles. The molecule has 0 spiro atoms. The molecule has 1 fully saturated rings. The molecule has 4 nitrogen and oxygen atoms in total. The lowest BCUT2D eigenvalue weighted by Gasteiger charge is -2.34. The third-order valence-corrected chi connectivity index (χ3v) is 5.74. The second-order valence-electron chi connectivity index (χ2n) is 7.63. The summed E-state index contributed by atoms with van der Waals surface area (Å²) < 4.78 is 0. The molecule has 1 aliphatic rings. The summed E-state index contributed by atoms with van der Waals surface area (Å²) in [5.74, 6) is 1.75. The molecule has 1 aliphatic carbocycles. The van der Waals surface area contributed by atoms with E-state index in [1.807, 2.05) is 13.0 Å². The Morgan fingerprint density at radius 2 is 2.12 bits per heavy atom. The van der Waals surface area contributed by atoms with E-state index in [2.05, 4.69) is 25.7 Å². The zero-order chi connectivity index (χ0) is 18.4. The van der Waals surface area contributed by atoms with Crippen molar-refractivity contribution in [3.63, 3.8) is 0 Å². The van der Waals surface area contributed by atoms with Gasteiger partial charge in [0.05, 0.1) is 0 Å².